The molecule has 0 aliphatic heterocycles. The second-order valence-electron chi connectivity index (χ2n) is 24.9. The summed E-state index contributed by atoms with van der Waals surface area (Å²) in [6, 6.07) is 0. The lowest BCUT2D eigenvalue weighted by atomic mass is 10.0. The van der Waals surface area contributed by atoms with Crippen LogP contribution in [0.1, 0.15) is 406 Å². The van der Waals surface area contributed by atoms with E-state index in [-0.39, 0.29) is 31.1 Å². The number of rotatable bonds is 68. The smallest absolute Gasteiger partial charge is 0.306 e. The van der Waals surface area contributed by atoms with Gasteiger partial charge in [0.2, 0.25) is 0 Å². The van der Waals surface area contributed by atoms with E-state index in [0.29, 0.717) is 19.3 Å². The first-order chi connectivity index (χ1) is 40.0. The summed E-state index contributed by atoms with van der Waals surface area (Å²) in [5.74, 6) is -0.856. The average molecular weight is 1140 g/mol. The molecule has 0 fully saturated rings. The van der Waals surface area contributed by atoms with Crippen molar-refractivity contribution in [1.29, 1.82) is 0 Å². The van der Waals surface area contributed by atoms with Gasteiger partial charge in [0, 0.05) is 19.3 Å². The second kappa shape index (κ2) is 70.1. The number of allylic oxidation sites excluding steroid dienone is 6. The van der Waals surface area contributed by atoms with Crippen LogP contribution >= 0.6 is 0 Å². The maximum Gasteiger partial charge on any atom is 0.306 e. The number of hydrogen-bond acceptors (Lipinski definition) is 6. The molecule has 0 heterocycles. The Hall–Kier alpha value is -2.37. The minimum absolute atomic E-state index is 0.0718. The molecule has 0 saturated carbocycles. The molecule has 0 radical (unpaired) electrons. The van der Waals surface area contributed by atoms with E-state index in [1.165, 1.54) is 295 Å². The van der Waals surface area contributed by atoms with Gasteiger partial charge in [-0.25, -0.2) is 0 Å². The van der Waals surface area contributed by atoms with Crippen LogP contribution in [0.5, 0.6) is 0 Å². The van der Waals surface area contributed by atoms with Crippen LogP contribution in [0.4, 0.5) is 0 Å². The maximum absolute atomic E-state index is 13.0. The highest BCUT2D eigenvalue weighted by Gasteiger charge is 2.19. The minimum Gasteiger partial charge on any atom is -0.462 e. The van der Waals surface area contributed by atoms with Crippen LogP contribution in [0.25, 0.3) is 0 Å². The molecule has 81 heavy (non-hydrogen) atoms. The van der Waals surface area contributed by atoms with Crippen molar-refractivity contribution >= 4 is 17.9 Å². The van der Waals surface area contributed by atoms with Crippen molar-refractivity contribution in [2.45, 2.75) is 412 Å². The molecule has 0 aliphatic rings. The van der Waals surface area contributed by atoms with Crippen LogP contribution in [0.15, 0.2) is 36.5 Å². The fourth-order valence-corrected chi connectivity index (χ4v) is 11.1. The van der Waals surface area contributed by atoms with Gasteiger partial charge in [-0.2, -0.15) is 0 Å². The highest BCUT2D eigenvalue weighted by Crippen LogP contribution is 2.19. The first-order valence-corrected chi connectivity index (χ1v) is 36.5. The Morgan fingerprint density at radius 3 is 0.691 bits per heavy atom. The van der Waals surface area contributed by atoms with Crippen molar-refractivity contribution in [2.24, 2.45) is 0 Å². The lowest BCUT2D eigenvalue weighted by Crippen LogP contribution is -2.30. The van der Waals surface area contributed by atoms with Gasteiger partial charge in [0.25, 0.3) is 0 Å². The minimum atomic E-state index is -0.777. The van der Waals surface area contributed by atoms with Gasteiger partial charge < -0.3 is 14.2 Å². The molecule has 1 unspecified atom stereocenters. The van der Waals surface area contributed by atoms with Gasteiger partial charge in [-0.15, -0.1) is 0 Å². The summed E-state index contributed by atoms with van der Waals surface area (Å²) in [6.07, 6.45) is 87.6. The van der Waals surface area contributed by atoms with E-state index in [1.807, 2.05) is 0 Å². The van der Waals surface area contributed by atoms with E-state index in [1.54, 1.807) is 0 Å². The SMILES string of the molecule is CCCCCCC/C=C\C/C=C\CCCCCCCCCCCC(=O)OC(COC(=O)CCCCCCC/C=C\CCCCCCC)COC(=O)CCCCCCCCCCCCCCCCCCCCCCCCCCCCCC. The molecule has 0 amide bonds. The van der Waals surface area contributed by atoms with Gasteiger partial charge in [0.05, 0.1) is 0 Å². The molecule has 0 spiro atoms. The monoisotopic (exact) mass is 1140 g/mol. The van der Waals surface area contributed by atoms with E-state index < -0.39 is 6.10 Å². The molecule has 0 rings (SSSR count). The van der Waals surface area contributed by atoms with E-state index in [2.05, 4.69) is 57.2 Å². The van der Waals surface area contributed by atoms with Crippen molar-refractivity contribution in [3.8, 4) is 0 Å². The molecule has 476 valence electrons. The Morgan fingerprint density at radius 2 is 0.444 bits per heavy atom. The zero-order valence-electron chi connectivity index (χ0n) is 54.8. The highest BCUT2D eigenvalue weighted by atomic mass is 16.6. The molecule has 0 aromatic heterocycles. The summed E-state index contributed by atoms with van der Waals surface area (Å²) >= 11 is 0. The second-order valence-corrected chi connectivity index (χ2v) is 24.9. The molecule has 0 aromatic carbocycles. The molecule has 0 saturated heterocycles. The molecule has 0 aromatic rings. The summed E-state index contributed by atoms with van der Waals surface area (Å²) < 4.78 is 17.0. The Kier molecular flexibility index (Phi) is 68.1. The Balaban J connectivity index is 4.22. The van der Waals surface area contributed by atoms with Crippen LogP contribution in [0, 0.1) is 0 Å². The molecule has 1 atom stereocenters. The standard InChI is InChI=1S/C75H140O6/c1-4-7-10-13-16-19-22-25-28-30-32-34-35-36-37-38-39-40-42-43-45-47-50-53-56-59-62-65-68-74(77)80-71-72(70-79-73(76)67-64-61-58-55-52-49-27-24-21-18-15-12-9-6-3)81-75(78)69-66-63-60-57-54-51-48-46-44-41-33-31-29-26-23-20-17-14-11-8-5-2/h23-24,26-27,31,33,72H,4-22,25,28-30,32,34-71H2,1-3H3/b26-23-,27-24-,33-31-. The lowest BCUT2D eigenvalue weighted by molar-refractivity contribution is -0.167. The molecular weight excluding hydrogens is 997 g/mol. The molecule has 0 aliphatic carbocycles. The summed E-state index contributed by atoms with van der Waals surface area (Å²) in [5.41, 5.74) is 0. The predicted octanol–water partition coefficient (Wildman–Crippen LogP) is 25.1. The van der Waals surface area contributed by atoms with Crippen LogP contribution in [-0.4, -0.2) is 37.2 Å². The Bertz CT molecular complexity index is 1350. The van der Waals surface area contributed by atoms with Gasteiger partial charge in [-0.3, -0.25) is 14.4 Å². The molecule has 0 bridgehead atoms. The van der Waals surface area contributed by atoms with Crippen LogP contribution in [0.2, 0.25) is 0 Å². The maximum atomic E-state index is 13.0. The van der Waals surface area contributed by atoms with Gasteiger partial charge in [0.15, 0.2) is 6.10 Å². The van der Waals surface area contributed by atoms with Crippen LogP contribution < -0.4 is 0 Å². The molecule has 6 heteroatoms. The Morgan fingerprint density at radius 1 is 0.247 bits per heavy atom. The van der Waals surface area contributed by atoms with Gasteiger partial charge in [0.1, 0.15) is 13.2 Å². The van der Waals surface area contributed by atoms with E-state index >= 15 is 0 Å². The van der Waals surface area contributed by atoms with Crippen molar-refractivity contribution in [3.05, 3.63) is 36.5 Å². The number of carbonyl (C=O) groups is 3. The van der Waals surface area contributed by atoms with Crippen molar-refractivity contribution in [2.75, 3.05) is 13.2 Å². The number of esters is 3. The van der Waals surface area contributed by atoms with Gasteiger partial charge >= 0.3 is 17.9 Å². The van der Waals surface area contributed by atoms with Gasteiger partial charge in [-0.1, -0.05) is 346 Å². The summed E-state index contributed by atoms with van der Waals surface area (Å²) in [6.45, 7) is 6.69. The van der Waals surface area contributed by atoms with Crippen LogP contribution in [0.3, 0.4) is 0 Å². The largest absolute Gasteiger partial charge is 0.462 e. The number of hydrogen-bond donors (Lipinski definition) is 0. The fourth-order valence-electron chi connectivity index (χ4n) is 11.1. The summed E-state index contributed by atoms with van der Waals surface area (Å²) in [4.78, 5) is 38.4. The van der Waals surface area contributed by atoms with Gasteiger partial charge in [-0.05, 0) is 77.0 Å². The highest BCUT2D eigenvalue weighted by molar-refractivity contribution is 5.71. The number of carbonyl (C=O) groups excluding carboxylic acids is 3. The first-order valence-electron chi connectivity index (χ1n) is 36.5. The molecule has 6 nitrogen and oxygen atoms in total. The number of unbranched alkanes of at least 4 members (excludes halogenated alkanes) is 51. The summed E-state index contributed by atoms with van der Waals surface area (Å²) in [7, 11) is 0. The zero-order valence-corrected chi connectivity index (χ0v) is 54.8. The molecule has 0 N–H and O–H groups in total. The van der Waals surface area contributed by atoms with E-state index in [4.69, 9.17) is 14.2 Å². The van der Waals surface area contributed by atoms with Crippen molar-refractivity contribution in [1.82, 2.24) is 0 Å². The predicted molar refractivity (Wildman–Crippen MR) is 353 cm³/mol. The lowest BCUT2D eigenvalue weighted by Gasteiger charge is -2.18. The first kappa shape index (κ1) is 78.6. The number of ether oxygens (including phenoxy) is 3. The summed E-state index contributed by atoms with van der Waals surface area (Å²) in [5, 5.41) is 0. The third kappa shape index (κ3) is 68.3. The quantitative estimate of drug-likeness (QED) is 0.0261. The van der Waals surface area contributed by atoms with Crippen molar-refractivity contribution < 1.29 is 28.6 Å². The zero-order chi connectivity index (χ0) is 58.5. The van der Waals surface area contributed by atoms with E-state index in [0.717, 1.165) is 70.6 Å². The molecular formula is C75H140O6. The normalized spacial score (nSPS) is 12.2. The fraction of sp³-hybridized carbons (Fsp3) is 0.880. The average Bonchev–Trinajstić information content (AvgIpc) is 3.47. The topological polar surface area (TPSA) is 78.9 Å². The van der Waals surface area contributed by atoms with E-state index in [9.17, 15) is 14.4 Å². The Labute approximate surface area is 506 Å². The van der Waals surface area contributed by atoms with Crippen LogP contribution in [-0.2, 0) is 28.6 Å². The third-order valence-corrected chi connectivity index (χ3v) is 16.6. The third-order valence-electron chi connectivity index (χ3n) is 16.6. The van der Waals surface area contributed by atoms with Crippen molar-refractivity contribution in [3.63, 3.8) is 0 Å².